The minimum atomic E-state index is -3.50. The van der Waals surface area contributed by atoms with E-state index in [0.29, 0.717) is 25.4 Å². The topological polar surface area (TPSA) is 90.9 Å². The van der Waals surface area contributed by atoms with Gasteiger partial charge >= 0.3 is 16.1 Å². The van der Waals surface area contributed by atoms with Gasteiger partial charge in [-0.05, 0) is 62.1 Å². The summed E-state index contributed by atoms with van der Waals surface area (Å²) in [6, 6.07) is 15.0. The van der Waals surface area contributed by atoms with Gasteiger partial charge in [-0.2, -0.15) is 8.42 Å². The molecule has 0 saturated carbocycles. The van der Waals surface area contributed by atoms with E-state index >= 15 is 0 Å². The highest BCUT2D eigenvalue weighted by molar-refractivity contribution is 7.86. The van der Waals surface area contributed by atoms with Crippen LogP contribution in [0, 0.1) is 0 Å². The third-order valence-corrected chi connectivity index (χ3v) is 4.93. The minimum absolute atomic E-state index is 0.319. The monoisotopic (exact) mass is 449 g/mol. The van der Waals surface area contributed by atoms with Gasteiger partial charge in [-0.1, -0.05) is 24.3 Å². The van der Waals surface area contributed by atoms with Crippen LogP contribution in [0.1, 0.15) is 31.4 Å². The number of carbonyl (C=O) groups is 1. The molecule has 31 heavy (non-hydrogen) atoms. The van der Waals surface area contributed by atoms with Crippen LogP contribution in [0.4, 0.5) is 5.69 Å². The van der Waals surface area contributed by atoms with Crippen LogP contribution in [0.15, 0.2) is 48.5 Å². The number of aryl methyl sites for hydroxylation is 1. The molecule has 170 valence electrons. The summed E-state index contributed by atoms with van der Waals surface area (Å²) in [6.07, 6.45) is 2.70. The van der Waals surface area contributed by atoms with Crippen LogP contribution >= 0.6 is 0 Å². The molecular weight excluding hydrogens is 418 g/mol. The summed E-state index contributed by atoms with van der Waals surface area (Å²) >= 11 is 0. The number of benzene rings is 2. The summed E-state index contributed by atoms with van der Waals surface area (Å²) in [4.78, 5) is 12.0. The molecule has 0 aliphatic carbocycles. The van der Waals surface area contributed by atoms with E-state index in [0.717, 1.165) is 42.5 Å². The molecule has 0 bridgehead atoms. The van der Waals surface area contributed by atoms with Crippen molar-refractivity contribution >= 4 is 21.8 Å². The fraction of sp³-hybridized carbons (Fsp3) is 0.435. The first-order valence-electron chi connectivity index (χ1n) is 10.4. The zero-order chi connectivity index (χ0) is 22.7. The van der Waals surface area contributed by atoms with Crippen LogP contribution in [-0.4, -0.2) is 46.5 Å². The summed E-state index contributed by atoms with van der Waals surface area (Å²) < 4.78 is 37.7. The number of carbonyl (C=O) groups excluding carboxylic acids is 1. The Bertz CT molecular complexity index is 910. The van der Waals surface area contributed by atoms with Gasteiger partial charge in [0.05, 0.1) is 12.9 Å². The highest BCUT2D eigenvalue weighted by atomic mass is 32.2. The molecule has 0 saturated heterocycles. The lowest BCUT2D eigenvalue weighted by Crippen LogP contribution is -2.28. The Morgan fingerprint density at radius 2 is 1.61 bits per heavy atom. The first-order valence-corrected chi connectivity index (χ1v) is 12.2. The number of esters is 1. The van der Waals surface area contributed by atoms with Crippen LogP contribution in [0.25, 0.3) is 0 Å². The summed E-state index contributed by atoms with van der Waals surface area (Å²) in [7, 11) is -3.50. The average Bonchev–Trinajstić information content (AvgIpc) is 2.72. The van der Waals surface area contributed by atoms with Crippen LogP contribution < -0.4 is 9.50 Å². The fourth-order valence-corrected chi connectivity index (χ4v) is 3.49. The van der Waals surface area contributed by atoms with Gasteiger partial charge in [0.25, 0.3) is 0 Å². The summed E-state index contributed by atoms with van der Waals surface area (Å²) in [5.74, 6) is -0.0125. The predicted octanol–water partition coefficient (Wildman–Crippen LogP) is 3.58. The molecule has 0 heterocycles. The van der Waals surface area contributed by atoms with E-state index in [4.69, 9.17) is 13.7 Å². The number of ether oxygens (including phenoxy) is 2. The largest absolute Gasteiger partial charge is 0.464 e. The van der Waals surface area contributed by atoms with Crippen molar-refractivity contribution in [3.05, 3.63) is 59.7 Å². The van der Waals surface area contributed by atoms with Crippen molar-refractivity contribution in [1.82, 2.24) is 0 Å². The van der Waals surface area contributed by atoms with Gasteiger partial charge < -0.3 is 19.0 Å². The Hall–Kier alpha value is -2.58. The molecule has 8 heteroatoms. The number of nitrogens with one attached hydrogen (secondary N) is 1. The molecular formula is C23H31NO6S. The van der Waals surface area contributed by atoms with Gasteiger partial charge in [0, 0.05) is 25.3 Å². The molecule has 0 aromatic heterocycles. The molecule has 1 atom stereocenters. The molecule has 0 fully saturated rings. The molecule has 1 N–H and O–H groups in total. The molecule has 0 spiro atoms. The molecule has 2 aromatic rings. The van der Waals surface area contributed by atoms with Gasteiger partial charge in [-0.3, -0.25) is 0 Å². The van der Waals surface area contributed by atoms with Crippen LogP contribution in [0.2, 0.25) is 0 Å². The lowest BCUT2D eigenvalue weighted by Gasteiger charge is -2.16. The van der Waals surface area contributed by atoms with E-state index in [1.165, 1.54) is 0 Å². The second-order valence-corrected chi connectivity index (χ2v) is 8.63. The zero-order valence-electron chi connectivity index (χ0n) is 18.3. The smallest absolute Gasteiger partial charge is 0.335 e. The molecule has 0 aliphatic rings. The zero-order valence-corrected chi connectivity index (χ0v) is 19.1. The van der Waals surface area contributed by atoms with E-state index in [1.54, 1.807) is 19.1 Å². The number of anilines is 1. The van der Waals surface area contributed by atoms with E-state index in [1.807, 2.05) is 43.3 Å². The fourth-order valence-electron chi connectivity index (χ4n) is 3.03. The quantitative estimate of drug-likeness (QED) is 0.284. The van der Waals surface area contributed by atoms with Gasteiger partial charge in [0.2, 0.25) is 0 Å². The molecule has 0 amide bonds. The van der Waals surface area contributed by atoms with Gasteiger partial charge in [0.15, 0.2) is 6.10 Å². The van der Waals surface area contributed by atoms with Crippen molar-refractivity contribution in [2.75, 3.05) is 31.3 Å². The highest BCUT2D eigenvalue weighted by Gasteiger charge is 2.20. The van der Waals surface area contributed by atoms with Crippen LogP contribution in [0.5, 0.6) is 5.75 Å². The summed E-state index contributed by atoms with van der Waals surface area (Å²) in [5, 5.41) is 3.38. The summed E-state index contributed by atoms with van der Waals surface area (Å²) in [6.45, 7) is 5.23. The average molecular weight is 450 g/mol. The van der Waals surface area contributed by atoms with E-state index in [9.17, 15) is 13.2 Å². The maximum Gasteiger partial charge on any atom is 0.335 e. The van der Waals surface area contributed by atoms with E-state index in [-0.39, 0.29) is 5.97 Å². The predicted molar refractivity (Wildman–Crippen MR) is 121 cm³/mol. The van der Waals surface area contributed by atoms with Gasteiger partial charge in [-0.25, -0.2) is 4.79 Å². The Morgan fingerprint density at radius 1 is 0.968 bits per heavy atom. The minimum Gasteiger partial charge on any atom is -0.464 e. The van der Waals surface area contributed by atoms with Crippen LogP contribution in [0.3, 0.4) is 0 Å². The van der Waals surface area contributed by atoms with Crippen molar-refractivity contribution < 1.29 is 26.9 Å². The molecule has 0 radical (unpaired) electrons. The van der Waals surface area contributed by atoms with Crippen molar-refractivity contribution in [2.24, 2.45) is 0 Å². The molecule has 7 nitrogen and oxygen atoms in total. The van der Waals surface area contributed by atoms with Crippen molar-refractivity contribution in [1.29, 1.82) is 0 Å². The van der Waals surface area contributed by atoms with Crippen LogP contribution in [-0.2, 0) is 37.2 Å². The first kappa shape index (κ1) is 24.7. The van der Waals surface area contributed by atoms with Crippen molar-refractivity contribution in [3.8, 4) is 5.75 Å². The Balaban J connectivity index is 1.77. The number of hydrogen-bond acceptors (Lipinski definition) is 7. The molecule has 2 aromatic carbocycles. The van der Waals surface area contributed by atoms with E-state index in [2.05, 4.69) is 5.32 Å². The lowest BCUT2D eigenvalue weighted by molar-refractivity contribution is -0.156. The highest BCUT2D eigenvalue weighted by Crippen LogP contribution is 2.16. The standard InChI is InChI=1S/C23H31NO6S/c1-4-28-22(23(25)29-5-2)17-19-8-12-20(13-9-19)24-16-6-7-18-10-14-21(15-11-18)30-31(3,26)27/h8-15,22,24H,4-7,16-17H2,1-3H3/t22-/m0/s1. The first-order chi connectivity index (χ1) is 14.8. The third kappa shape index (κ3) is 9.40. The van der Waals surface area contributed by atoms with E-state index < -0.39 is 16.2 Å². The SMILES string of the molecule is CCOC(=O)[C@H](Cc1ccc(NCCCc2ccc(OS(C)(=O)=O)cc2)cc1)OCC. The second kappa shape index (κ2) is 12.3. The van der Waals surface area contributed by atoms with Crippen molar-refractivity contribution in [3.63, 3.8) is 0 Å². The van der Waals surface area contributed by atoms with Crippen molar-refractivity contribution in [2.45, 2.75) is 39.2 Å². The Kier molecular flexibility index (Phi) is 9.81. The molecule has 0 unspecified atom stereocenters. The lowest BCUT2D eigenvalue weighted by atomic mass is 10.1. The molecule has 0 aliphatic heterocycles. The second-order valence-electron chi connectivity index (χ2n) is 7.06. The number of hydrogen-bond donors (Lipinski definition) is 1. The Morgan fingerprint density at radius 3 is 2.19 bits per heavy atom. The molecule has 2 rings (SSSR count). The maximum absolute atomic E-state index is 12.0. The normalized spacial score (nSPS) is 12.2. The maximum atomic E-state index is 12.0. The summed E-state index contributed by atoms with van der Waals surface area (Å²) in [5.41, 5.74) is 3.12. The Labute approximate surface area is 184 Å². The van der Waals surface area contributed by atoms with Gasteiger partial charge in [-0.15, -0.1) is 0 Å². The third-order valence-electron chi connectivity index (χ3n) is 4.43. The van der Waals surface area contributed by atoms with Gasteiger partial charge in [0.1, 0.15) is 5.75 Å². The number of rotatable bonds is 13.